The third-order valence-corrected chi connectivity index (χ3v) is 4.42. The van der Waals surface area contributed by atoms with Crippen LogP contribution in [-0.2, 0) is 9.47 Å². The zero-order valence-corrected chi connectivity index (χ0v) is 18.2. The number of hydrogen-bond acceptors (Lipinski definition) is 5. The molecule has 2 aromatic rings. The van der Waals surface area contributed by atoms with Gasteiger partial charge in [0.1, 0.15) is 0 Å². The molecule has 0 aliphatic carbocycles. The summed E-state index contributed by atoms with van der Waals surface area (Å²) < 4.78 is 10.4. The van der Waals surface area contributed by atoms with Gasteiger partial charge in [-0.05, 0) is 73.6 Å². The molecule has 0 saturated carbocycles. The van der Waals surface area contributed by atoms with Crippen molar-refractivity contribution in [1.82, 2.24) is 0 Å². The van der Waals surface area contributed by atoms with Gasteiger partial charge in [-0.25, -0.2) is 9.59 Å². The van der Waals surface area contributed by atoms with Crippen LogP contribution in [0, 0.1) is 0 Å². The summed E-state index contributed by atoms with van der Waals surface area (Å²) in [6, 6.07) is 13.8. The van der Waals surface area contributed by atoms with Crippen LogP contribution in [0.5, 0.6) is 0 Å². The quantitative estimate of drug-likeness (QED) is 0.298. The summed E-state index contributed by atoms with van der Waals surface area (Å²) in [5, 5.41) is 6.51. The minimum Gasteiger partial charge on any atom is -0.462 e. The molecular formula is C23H28N2O4S. The van der Waals surface area contributed by atoms with E-state index < -0.39 is 0 Å². The Morgan fingerprint density at radius 3 is 1.43 bits per heavy atom. The maximum atomic E-state index is 11.9. The van der Waals surface area contributed by atoms with Gasteiger partial charge in [0, 0.05) is 11.4 Å². The minimum absolute atomic E-state index is 0.330. The maximum absolute atomic E-state index is 11.9. The topological polar surface area (TPSA) is 76.7 Å². The van der Waals surface area contributed by atoms with Crippen LogP contribution in [0.2, 0.25) is 0 Å². The molecule has 2 N–H and O–H groups in total. The molecule has 6 nitrogen and oxygen atoms in total. The Morgan fingerprint density at radius 1 is 0.733 bits per heavy atom. The van der Waals surface area contributed by atoms with Crippen molar-refractivity contribution in [3.8, 4) is 0 Å². The van der Waals surface area contributed by atoms with Gasteiger partial charge in [0.2, 0.25) is 0 Å². The number of carbonyl (C=O) groups is 2. The third-order valence-electron chi connectivity index (χ3n) is 4.22. The van der Waals surface area contributed by atoms with Crippen LogP contribution < -0.4 is 10.6 Å². The van der Waals surface area contributed by atoms with Crippen LogP contribution in [0.25, 0.3) is 0 Å². The second-order valence-corrected chi connectivity index (χ2v) is 7.12. The summed E-state index contributed by atoms with van der Waals surface area (Å²) in [4.78, 5) is 23.9. The Balaban J connectivity index is 1.83. The monoisotopic (exact) mass is 428 g/mol. The average molecular weight is 429 g/mol. The van der Waals surface area contributed by atoms with E-state index in [4.69, 9.17) is 21.7 Å². The van der Waals surface area contributed by atoms with Gasteiger partial charge in [0.05, 0.1) is 24.3 Å². The summed E-state index contributed by atoms with van der Waals surface area (Å²) >= 11 is 5.32. The number of unbranched alkanes of at least 4 members (excludes halogenated alkanes) is 2. The highest BCUT2D eigenvalue weighted by atomic mass is 32.1. The normalized spacial score (nSPS) is 10.2. The van der Waals surface area contributed by atoms with Crippen molar-refractivity contribution < 1.29 is 19.1 Å². The summed E-state index contributed by atoms with van der Waals surface area (Å²) in [5.74, 6) is -0.659. The molecule has 0 saturated heterocycles. The summed E-state index contributed by atoms with van der Waals surface area (Å²) in [7, 11) is 0. The molecule has 0 atom stereocenters. The Bertz CT molecular complexity index is 766. The lowest BCUT2D eigenvalue weighted by molar-refractivity contribution is 0.0490. The van der Waals surface area contributed by atoms with Crippen molar-refractivity contribution in [3.63, 3.8) is 0 Å². The lowest BCUT2D eigenvalue weighted by Crippen LogP contribution is -2.19. The van der Waals surface area contributed by atoms with Crippen molar-refractivity contribution in [1.29, 1.82) is 0 Å². The molecule has 2 aromatic carbocycles. The molecule has 30 heavy (non-hydrogen) atoms. The highest BCUT2D eigenvalue weighted by Crippen LogP contribution is 2.14. The number of nitrogens with one attached hydrogen (secondary N) is 2. The van der Waals surface area contributed by atoms with Crippen LogP contribution in [0.15, 0.2) is 48.5 Å². The molecule has 0 amide bonds. The molecule has 0 unspecified atom stereocenters. The molecule has 0 radical (unpaired) electrons. The number of thiocarbonyl (C=S) groups is 1. The zero-order chi connectivity index (χ0) is 21.8. The van der Waals surface area contributed by atoms with E-state index in [1.54, 1.807) is 48.5 Å². The summed E-state index contributed by atoms with van der Waals surface area (Å²) in [6.07, 6.45) is 3.66. The first-order valence-electron chi connectivity index (χ1n) is 10.2. The predicted molar refractivity (Wildman–Crippen MR) is 123 cm³/mol. The van der Waals surface area contributed by atoms with E-state index in [1.165, 1.54) is 0 Å². The van der Waals surface area contributed by atoms with E-state index in [1.807, 2.05) is 13.8 Å². The van der Waals surface area contributed by atoms with Gasteiger partial charge < -0.3 is 20.1 Å². The van der Waals surface area contributed by atoms with Crippen molar-refractivity contribution in [3.05, 3.63) is 59.7 Å². The Kier molecular flexibility index (Phi) is 9.80. The largest absolute Gasteiger partial charge is 0.462 e. The fourth-order valence-corrected chi connectivity index (χ4v) is 2.69. The number of esters is 2. The Labute approximate surface area is 183 Å². The lowest BCUT2D eigenvalue weighted by atomic mass is 10.2. The van der Waals surface area contributed by atoms with Crippen molar-refractivity contribution in [2.24, 2.45) is 0 Å². The molecule has 0 fully saturated rings. The molecule has 0 spiro atoms. The van der Waals surface area contributed by atoms with E-state index >= 15 is 0 Å². The molecule has 7 heteroatoms. The minimum atomic E-state index is -0.330. The number of anilines is 2. The molecular weight excluding hydrogens is 400 g/mol. The number of hydrogen-bond donors (Lipinski definition) is 2. The molecule has 2 rings (SSSR count). The lowest BCUT2D eigenvalue weighted by Gasteiger charge is -2.11. The van der Waals surface area contributed by atoms with Crippen LogP contribution in [-0.4, -0.2) is 30.3 Å². The number of carbonyl (C=O) groups excluding carboxylic acids is 2. The smallest absolute Gasteiger partial charge is 0.338 e. The van der Waals surface area contributed by atoms with E-state index in [0.29, 0.717) is 29.5 Å². The highest BCUT2D eigenvalue weighted by Gasteiger charge is 2.08. The van der Waals surface area contributed by atoms with E-state index in [0.717, 1.165) is 37.1 Å². The van der Waals surface area contributed by atoms with Crippen molar-refractivity contribution in [2.45, 2.75) is 39.5 Å². The van der Waals surface area contributed by atoms with Gasteiger partial charge in [-0.1, -0.05) is 26.7 Å². The molecule has 0 aliphatic rings. The van der Waals surface area contributed by atoms with Crippen LogP contribution in [0.3, 0.4) is 0 Å². The number of rotatable bonds is 10. The Morgan fingerprint density at radius 2 is 1.10 bits per heavy atom. The van der Waals surface area contributed by atoms with Crippen LogP contribution >= 0.6 is 12.2 Å². The van der Waals surface area contributed by atoms with Gasteiger partial charge in [-0.3, -0.25) is 0 Å². The van der Waals surface area contributed by atoms with Gasteiger partial charge in [-0.2, -0.15) is 0 Å². The van der Waals surface area contributed by atoms with Crippen molar-refractivity contribution in [2.75, 3.05) is 23.8 Å². The number of benzene rings is 2. The summed E-state index contributed by atoms with van der Waals surface area (Å²) in [6.45, 7) is 4.95. The molecule has 0 aliphatic heterocycles. The maximum Gasteiger partial charge on any atom is 0.338 e. The second kappa shape index (κ2) is 12.6. The predicted octanol–water partition coefficient (Wildman–Crippen LogP) is 5.41. The summed E-state index contributed by atoms with van der Waals surface area (Å²) in [5.41, 5.74) is 2.48. The first-order valence-corrected chi connectivity index (χ1v) is 10.6. The van der Waals surface area contributed by atoms with E-state index in [-0.39, 0.29) is 11.9 Å². The van der Waals surface area contributed by atoms with Crippen LogP contribution in [0.4, 0.5) is 11.4 Å². The van der Waals surface area contributed by atoms with Crippen molar-refractivity contribution >= 4 is 40.6 Å². The second-order valence-electron chi connectivity index (χ2n) is 6.71. The average Bonchev–Trinajstić information content (AvgIpc) is 2.75. The first kappa shape index (κ1) is 23.3. The van der Waals surface area contributed by atoms with Gasteiger partial charge in [-0.15, -0.1) is 0 Å². The third kappa shape index (κ3) is 7.83. The standard InChI is InChI=1S/C23H28N2O4S/c1-3-5-15-28-21(26)17-7-11-19(12-8-17)24-23(30)25-20-13-9-18(10-14-20)22(27)29-16-6-4-2/h7-14H,3-6,15-16H2,1-2H3,(H2,24,25,30). The van der Waals surface area contributed by atoms with Crippen LogP contribution in [0.1, 0.15) is 60.2 Å². The van der Waals surface area contributed by atoms with E-state index in [9.17, 15) is 9.59 Å². The van der Waals surface area contributed by atoms with Gasteiger partial charge >= 0.3 is 11.9 Å². The highest BCUT2D eigenvalue weighted by molar-refractivity contribution is 7.80. The fourth-order valence-electron chi connectivity index (χ4n) is 2.46. The molecule has 160 valence electrons. The molecule has 0 bridgehead atoms. The zero-order valence-electron chi connectivity index (χ0n) is 17.4. The first-order chi connectivity index (χ1) is 14.5. The number of ether oxygens (including phenoxy) is 2. The molecule has 0 aromatic heterocycles. The van der Waals surface area contributed by atoms with Gasteiger partial charge in [0.25, 0.3) is 0 Å². The van der Waals surface area contributed by atoms with Gasteiger partial charge in [0.15, 0.2) is 5.11 Å². The molecule has 0 heterocycles. The Hall–Kier alpha value is -2.93. The fraction of sp³-hybridized carbons (Fsp3) is 0.348. The SMILES string of the molecule is CCCCOC(=O)c1ccc(NC(=S)Nc2ccc(C(=O)OCCCC)cc2)cc1. The van der Waals surface area contributed by atoms with E-state index in [2.05, 4.69) is 10.6 Å².